The van der Waals surface area contributed by atoms with Gasteiger partial charge in [-0.2, -0.15) is 0 Å². The van der Waals surface area contributed by atoms with Gasteiger partial charge in [-0.3, -0.25) is 4.79 Å². The molecule has 0 spiro atoms. The third-order valence-corrected chi connectivity index (χ3v) is 2.59. The first-order valence-electron chi connectivity index (χ1n) is 4.08. The van der Waals surface area contributed by atoms with Crippen molar-refractivity contribution in [3.05, 3.63) is 0 Å². The molecule has 2 nitrogen and oxygen atoms in total. The van der Waals surface area contributed by atoms with Gasteiger partial charge in [0.15, 0.2) is 0 Å². The van der Waals surface area contributed by atoms with Crippen molar-refractivity contribution in [3.63, 3.8) is 0 Å². The second-order valence-corrected chi connectivity index (χ2v) is 3.45. The van der Waals surface area contributed by atoms with E-state index in [-0.39, 0.29) is 0 Å². The summed E-state index contributed by atoms with van der Waals surface area (Å²) in [5, 5.41) is 0. The zero-order chi connectivity index (χ0) is 6.97. The Morgan fingerprint density at radius 2 is 2.30 bits per heavy atom. The number of carbonyl (C=O) groups is 1. The Labute approximate surface area is 61.2 Å². The summed E-state index contributed by atoms with van der Waals surface area (Å²) in [5.41, 5.74) is 0. The monoisotopic (exact) mass is 139 g/mol. The molecule has 0 saturated carbocycles. The van der Waals surface area contributed by atoms with Gasteiger partial charge in [0.05, 0.1) is 0 Å². The maximum absolute atomic E-state index is 11.0. The number of Topliss-reactive ketones (excluding diaryl/α,β-unsaturated/α-hetero) is 1. The highest BCUT2D eigenvalue weighted by Gasteiger charge is 2.27. The molecule has 2 fully saturated rings. The number of fused-ring (bicyclic) bond motifs is 2. The molecule has 2 atom stereocenters. The Morgan fingerprint density at radius 3 is 3.20 bits per heavy atom. The summed E-state index contributed by atoms with van der Waals surface area (Å²) in [4.78, 5) is 13.5. The van der Waals surface area contributed by atoms with E-state index in [4.69, 9.17) is 0 Å². The molecule has 2 heterocycles. The van der Waals surface area contributed by atoms with Crippen molar-refractivity contribution in [2.45, 2.75) is 19.3 Å². The van der Waals surface area contributed by atoms with Crippen LogP contribution in [0.2, 0.25) is 0 Å². The fourth-order valence-electron chi connectivity index (χ4n) is 1.99. The predicted molar refractivity (Wildman–Crippen MR) is 38.8 cm³/mol. The van der Waals surface area contributed by atoms with Gasteiger partial charge in [-0.1, -0.05) is 0 Å². The van der Waals surface area contributed by atoms with E-state index in [1.807, 2.05) is 0 Å². The maximum atomic E-state index is 11.0. The molecule has 2 bridgehead atoms. The fraction of sp³-hybridized carbons (Fsp3) is 0.875. The lowest BCUT2D eigenvalue weighted by atomic mass is 10.0. The molecule has 0 amide bonds. The van der Waals surface area contributed by atoms with Gasteiger partial charge < -0.3 is 4.90 Å². The van der Waals surface area contributed by atoms with E-state index in [1.54, 1.807) is 0 Å². The van der Waals surface area contributed by atoms with Crippen LogP contribution in [-0.4, -0.2) is 30.3 Å². The van der Waals surface area contributed by atoms with Gasteiger partial charge >= 0.3 is 0 Å². The van der Waals surface area contributed by atoms with Crippen LogP contribution < -0.4 is 0 Å². The van der Waals surface area contributed by atoms with Crippen molar-refractivity contribution in [2.75, 3.05) is 19.6 Å². The van der Waals surface area contributed by atoms with Crippen molar-refractivity contribution in [1.29, 1.82) is 0 Å². The van der Waals surface area contributed by atoms with Crippen LogP contribution in [0, 0.1) is 5.92 Å². The fourth-order valence-corrected chi connectivity index (χ4v) is 1.99. The Balaban J connectivity index is 2.05. The van der Waals surface area contributed by atoms with Crippen LogP contribution in [0.15, 0.2) is 0 Å². The SMILES string of the molecule is O=C1CCN2CCC(C1)C2. The maximum Gasteiger partial charge on any atom is 0.134 e. The zero-order valence-electron chi connectivity index (χ0n) is 6.18. The van der Waals surface area contributed by atoms with Crippen LogP contribution in [0.3, 0.4) is 0 Å². The highest BCUT2D eigenvalue weighted by molar-refractivity contribution is 5.79. The van der Waals surface area contributed by atoms with Crippen molar-refractivity contribution < 1.29 is 4.79 Å². The van der Waals surface area contributed by atoms with Crippen molar-refractivity contribution >= 4 is 5.78 Å². The molecule has 0 aromatic carbocycles. The third-order valence-electron chi connectivity index (χ3n) is 2.59. The molecule has 2 aliphatic rings. The molecule has 56 valence electrons. The summed E-state index contributed by atoms with van der Waals surface area (Å²) in [5.74, 6) is 1.18. The lowest BCUT2D eigenvalue weighted by molar-refractivity contribution is -0.119. The van der Waals surface area contributed by atoms with Crippen LogP contribution in [0.5, 0.6) is 0 Å². The van der Waals surface area contributed by atoms with Crippen LogP contribution >= 0.6 is 0 Å². The molecule has 2 rings (SSSR count). The van der Waals surface area contributed by atoms with Crippen molar-refractivity contribution in [2.24, 2.45) is 5.92 Å². The summed E-state index contributed by atoms with van der Waals surface area (Å²) < 4.78 is 0. The normalized spacial score (nSPS) is 39.8. The van der Waals surface area contributed by atoms with Gasteiger partial charge in [0.2, 0.25) is 0 Å². The van der Waals surface area contributed by atoms with Gasteiger partial charge in [-0.15, -0.1) is 0 Å². The number of ketones is 1. The minimum absolute atomic E-state index is 0.479. The quantitative estimate of drug-likeness (QED) is 0.491. The minimum atomic E-state index is 0.479. The summed E-state index contributed by atoms with van der Waals surface area (Å²) in [7, 11) is 0. The first-order chi connectivity index (χ1) is 4.84. The lowest BCUT2D eigenvalue weighted by Gasteiger charge is -2.10. The second-order valence-electron chi connectivity index (χ2n) is 3.45. The Kier molecular flexibility index (Phi) is 1.49. The molecule has 2 aliphatic heterocycles. The Hall–Kier alpha value is -0.370. The van der Waals surface area contributed by atoms with E-state index >= 15 is 0 Å². The standard InChI is InChI=1S/C8H13NO/c10-8-2-4-9-3-1-7(5-8)6-9/h7H,1-6H2. The Bertz CT molecular complexity index is 155. The van der Waals surface area contributed by atoms with Gasteiger partial charge in [0.25, 0.3) is 0 Å². The molecule has 0 aromatic rings. The molecule has 2 unspecified atom stereocenters. The zero-order valence-corrected chi connectivity index (χ0v) is 6.18. The third kappa shape index (κ3) is 1.08. The topological polar surface area (TPSA) is 20.3 Å². The molecule has 0 N–H and O–H groups in total. The van der Waals surface area contributed by atoms with Crippen molar-refractivity contribution in [3.8, 4) is 0 Å². The van der Waals surface area contributed by atoms with Crippen LogP contribution in [0.25, 0.3) is 0 Å². The van der Waals surface area contributed by atoms with Crippen LogP contribution in [0.4, 0.5) is 0 Å². The molecule has 2 heteroatoms. The van der Waals surface area contributed by atoms with Crippen molar-refractivity contribution in [1.82, 2.24) is 4.90 Å². The van der Waals surface area contributed by atoms with E-state index in [2.05, 4.69) is 4.90 Å². The minimum Gasteiger partial charge on any atom is -0.303 e. The number of carbonyl (C=O) groups excluding carboxylic acids is 1. The van der Waals surface area contributed by atoms with Gasteiger partial charge in [0, 0.05) is 25.9 Å². The highest BCUT2D eigenvalue weighted by atomic mass is 16.1. The highest BCUT2D eigenvalue weighted by Crippen LogP contribution is 2.23. The first kappa shape index (κ1) is 6.35. The van der Waals surface area contributed by atoms with Gasteiger partial charge in [0.1, 0.15) is 5.78 Å². The summed E-state index contributed by atoms with van der Waals surface area (Å²) in [6, 6.07) is 0. The van der Waals surface area contributed by atoms with E-state index in [1.165, 1.54) is 19.5 Å². The average Bonchev–Trinajstić information content (AvgIpc) is 2.22. The second kappa shape index (κ2) is 2.35. The molecule has 10 heavy (non-hydrogen) atoms. The molecule has 0 aromatic heterocycles. The predicted octanol–water partition coefficient (Wildman–Crippen LogP) is 0.671. The smallest absolute Gasteiger partial charge is 0.134 e. The average molecular weight is 139 g/mol. The first-order valence-corrected chi connectivity index (χ1v) is 4.08. The van der Waals surface area contributed by atoms with Gasteiger partial charge in [-0.05, 0) is 18.9 Å². The molecular formula is C8H13NO. The Morgan fingerprint density at radius 1 is 1.40 bits per heavy atom. The van der Waals surface area contributed by atoms with Crippen LogP contribution in [-0.2, 0) is 4.79 Å². The summed E-state index contributed by atoms with van der Waals surface area (Å²) >= 11 is 0. The number of hydrogen-bond donors (Lipinski definition) is 0. The summed E-state index contributed by atoms with van der Waals surface area (Å²) in [6.45, 7) is 3.44. The van der Waals surface area contributed by atoms with E-state index in [0.29, 0.717) is 11.7 Å². The summed E-state index contributed by atoms with van der Waals surface area (Å²) in [6.07, 6.45) is 2.92. The van der Waals surface area contributed by atoms with E-state index in [0.717, 1.165) is 19.4 Å². The number of nitrogens with zero attached hydrogens (tertiary/aromatic N) is 1. The molecule has 2 saturated heterocycles. The number of hydrogen-bond acceptors (Lipinski definition) is 2. The van der Waals surface area contributed by atoms with Crippen LogP contribution in [0.1, 0.15) is 19.3 Å². The molecule has 0 aliphatic carbocycles. The lowest BCUT2D eigenvalue weighted by Crippen LogP contribution is -2.20. The van der Waals surface area contributed by atoms with E-state index < -0.39 is 0 Å². The largest absolute Gasteiger partial charge is 0.303 e. The number of rotatable bonds is 0. The molecular weight excluding hydrogens is 126 g/mol. The van der Waals surface area contributed by atoms with Gasteiger partial charge in [-0.25, -0.2) is 0 Å². The molecule has 0 radical (unpaired) electrons. The van der Waals surface area contributed by atoms with E-state index in [9.17, 15) is 4.79 Å².